The molecule has 1 aromatic carbocycles. The van der Waals surface area contributed by atoms with Crippen molar-refractivity contribution in [2.45, 2.75) is 83.7 Å². The second-order valence-electron chi connectivity index (χ2n) is 7.48. The number of nitrogens with zero attached hydrogens (tertiary/aromatic N) is 1. The highest BCUT2D eigenvalue weighted by Gasteiger charge is 2.29. The van der Waals surface area contributed by atoms with E-state index in [1.807, 2.05) is 0 Å². The van der Waals surface area contributed by atoms with E-state index in [0.29, 0.717) is 11.4 Å². The standard InChI is InChI=1S/C22H36N2O4/c1-3-4-5-6-7-8-9-10-11-12-20-26-17-21(27-20)28-22(25)24(2)19-15-13-18(23)14-16-19/h13-16,20-21H,3-12,17,23H2,1-2H3. The van der Waals surface area contributed by atoms with E-state index < -0.39 is 12.4 Å². The minimum atomic E-state index is -0.646. The molecule has 2 atom stereocenters. The Morgan fingerprint density at radius 2 is 1.68 bits per heavy atom. The van der Waals surface area contributed by atoms with Crippen molar-refractivity contribution in [2.24, 2.45) is 0 Å². The van der Waals surface area contributed by atoms with Gasteiger partial charge in [0.1, 0.15) is 6.61 Å². The number of amides is 1. The fraction of sp³-hybridized carbons (Fsp3) is 0.682. The minimum absolute atomic E-state index is 0.274. The quantitative estimate of drug-likeness (QED) is 0.377. The molecule has 1 amide bonds. The summed E-state index contributed by atoms with van der Waals surface area (Å²) in [5.74, 6) is 0. The van der Waals surface area contributed by atoms with Crippen LogP contribution >= 0.6 is 0 Å². The molecule has 28 heavy (non-hydrogen) atoms. The number of ether oxygens (including phenoxy) is 3. The summed E-state index contributed by atoms with van der Waals surface area (Å²) in [4.78, 5) is 13.7. The molecule has 0 radical (unpaired) electrons. The molecular weight excluding hydrogens is 356 g/mol. The van der Waals surface area contributed by atoms with Crippen LogP contribution < -0.4 is 10.6 Å². The molecule has 0 bridgehead atoms. The molecule has 1 aromatic rings. The van der Waals surface area contributed by atoms with E-state index in [0.717, 1.165) is 12.8 Å². The number of unbranched alkanes of at least 4 members (excludes halogenated alkanes) is 8. The molecule has 2 rings (SSSR count). The van der Waals surface area contributed by atoms with E-state index in [1.165, 1.54) is 56.3 Å². The van der Waals surface area contributed by atoms with Crippen LogP contribution in [0, 0.1) is 0 Å². The van der Waals surface area contributed by atoms with Crippen molar-refractivity contribution in [1.82, 2.24) is 0 Å². The van der Waals surface area contributed by atoms with Crippen molar-refractivity contribution in [1.29, 1.82) is 0 Å². The van der Waals surface area contributed by atoms with Gasteiger partial charge in [0, 0.05) is 18.4 Å². The summed E-state index contributed by atoms with van der Waals surface area (Å²) >= 11 is 0. The van der Waals surface area contributed by atoms with Crippen LogP contribution in [0.1, 0.15) is 71.1 Å². The molecule has 2 unspecified atom stereocenters. The van der Waals surface area contributed by atoms with Gasteiger partial charge in [-0.3, -0.25) is 4.90 Å². The number of anilines is 2. The highest BCUT2D eigenvalue weighted by molar-refractivity contribution is 5.87. The van der Waals surface area contributed by atoms with Gasteiger partial charge >= 0.3 is 6.09 Å². The summed E-state index contributed by atoms with van der Waals surface area (Å²) in [5, 5.41) is 0. The van der Waals surface area contributed by atoms with Gasteiger partial charge in [-0.05, 0) is 37.1 Å². The molecule has 0 spiro atoms. The minimum Gasteiger partial charge on any atom is -0.417 e. The largest absolute Gasteiger partial charge is 0.417 e. The normalized spacial score (nSPS) is 18.9. The highest BCUT2D eigenvalue weighted by Crippen LogP contribution is 2.21. The average Bonchev–Trinajstić information content (AvgIpc) is 3.14. The van der Waals surface area contributed by atoms with Crippen molar-refractivity contribution in [3.05, 3.63) is 24.3 Å². The van der Waals surface area contributed by atoms with Crippen LogP contribution in [-0.2, 0) is 14.2 Å². The van der Waals surface area contributed by atoms with Gasteiger partial charge in [0.25, 0.3) is 0 Å². The molecule has 2 N–H and O–H groups in total. The number of carbonyl (C=O) groups excluding carboxylic acids is 1. The molecule has 6 nitrogen and oxygen atoms in total. The Bertz CT molecular complexity index is 564. The number of carbonyl (C=O) groups is 1. The van der Waals surface area contributed by atoms with Crippen LogP contribution in [-0.4, -0.2) is 32.3 Å². The molecule has 1 fully saturated rings. The molecule has 1 saturated heterocycles. The van der Waals surface area contributed by atoms with Gasteiger partial charge in [-0.2, -0.15) is 0 Å². The van der Waals surface area contributed by atoms with Crippen molar-refractivity contribution < 1.29 is 19.0 Å². The summed E-state index contributed by atoms with van der Waals surface area (Å²) in [5.41, 5.74) is 7.03. The number of hydrogen-bond donors (Lipinski definition) is 1. The zero-order chi connectivity index (χ0) is 20.2. The molecule has 0 saturated carbocycles. The van der Waals surface area contributed by atoms with Crippen LogP contribution in [0.5, 0.6) is 0 Å². The number of hydrogen-bond acceptors (Lipinski definition) is 5. The van der Waals surface area contributed by atoms with Gasteiger partial charge < -0.3 is 19.9 Å². The Kier molecular flexibility index (Phi) is 10.1. The van der Waals surface area contributed by atoms with Crippen LogP contribution in [0.2, 0.25) is 0 Å². The lowest BCUT2D eigenvalue weighted by Crippen LogP contribution is -2.32. The van der Waals surface area contributed by atoms with Gasteiger partial charge in [-0.25, -0.2) is 4.79 Å². The second kappa shape index (κ2) is 12.6. The van der Waals surface area contributed by atoms with Crippen LogP contribution in [0.3, 0.4) is 0 Å². The summed E-state index contributed by atoms with van der Waals surface area (Å²) in [6.07, 6.45) is 11.0. The Hall–Kier alpha value is -1.79. The Morgan fingerprint density at radius 3 is 2.32 bits per heavy atom. The lowest BCUT2D eigenvalue weighted by Gasteiger charge is -2.19. The van der Waals surface area contributed by atoms with E-state index in [4.69, 9.17) is 19.9 Å². The number of benzene rings is 1. The Labute approximate surface area is 169 Å². The zero-order valence-corrected chi connectivity index (χ0v) is 17.4. The summed E-state index contributed by atoms with van der Waals surface area (Å²) < 4.78 is 16.7. The van der Waals surface area contributed by atoms with E-state index >= 15 is 0 Å². The van der Waals surface area contributed by atoms with E-state index in [-0.39, 0.29) is 12.9 Å². The fourth-order valence-corrected chi connectivity index (χ4v) is 3.26. The van der Waals surface area contributed by atoms with E-state index in [2.05, 4.69) is 6.92 Å². The molecule has 0 aromatic heterocycles. The topological polar surface area (TPSA) is 74.0 Å². The van der Waals surface area contributed by atoms with Gasteiger partial charge in [0.05, 0.1) is 0 Å². The first kappa shape index (κ1) is 22.5. The van der Waals surface area contributed by atoms with Crippen molar-refractivity contribution in [3.63, 3.8) is 0 Å². The maximum atomic E-state index is 12.3. The van der Waals surface area contributed by atoms with E-state index in [9.17, 15) is 4.79 Å². The average molecular weight is 393 g/mol. The van der Waals surface area contributed by atoms with Gasteiger partial charge in [0.2, 0.25) is 6.29 Å². The summed E-state index contributed by atoms with van der Waals surface area (Å²) in [6, 6.07) is 7.04. The molecule has 6 heteroatoms. The summed E-state index contributed by atoms with van der Waals surface area (Å²) in [7, 11) is 1.66. The number of nitrogen functional groups attached to an aromatic ring is 1. The van der Waals surface area contributed by atoms with Crippen molar-refractivity contribution in [2.75, 3.05) is 24.3 Å². The third kappa shape index (κ3) is 8.07. The van der Waals surface area contributed by atoms with Gasteiger partial charge in [0.15, 0.2) is 6.29 Å². The molecule has 1 aliphatic heterocycles. The third-order valence-electron chi connectivity index (χ3n) is 5.05. The fourth-order valence-electron chi connectivity index (χ4n) is 3.26. The number of rotatable bonds is 12. The van der Waals surface area contributed by atoms with Crippen LogP contribution in [0.25, 0.3) is 0 Å². The van der Waals surface area contributed by atoms with Crippen LogP contribution in [0.15, 0.2) is 24.3 Å². The maximum Gasteiger partial charge on any atom is 0.416 e. The maximum absolute atomic E-state index is 12.3. The Balaban J connectivity index is 1.55. The molecule has 1 heterocycles. The summed E-state index contributed by atoms with van der Waals surface area (Å²) in [6.45, 7) is 2.53. The monoisotopic (exact) mass is 392 g/mol. The van der Waals surface area contributed by atoms with Crippen molar-refractivity contribution >= 4 is 17.5 Å². The first-order chi connectivity index (χ1) is 13.6. The first-order valence-corrected chi connectivity index (χ1v) is 10.7. The second-order valence-corrected chi connectivity index (χ2v) is 7.48. The molecule has 0 aliphatic carbocycles. The third-order valence-corrected chi connectivity index (χ3v) is 5.05. The van der Waals surface area contributed by atoms with Gasteiger partial charge in [-0.1, -0.05) is 58.3 Å². The predicted molar refractivity (Wildman–Crippen MR) is 112 cm³/mol. The first-order valence-electron chi connectivity index (χ1n) is 10.7. The van der Waals surface area contributed by atoms with Crippen LogP contribution in [0.4, 0.5) is 16.2 Å². The Morgan fingerprint density at radius 1 is 1.07 bits per heavy atom. The lowest BCUT2D eigenvalue weighted by atomic mass is 10.1. The molecule has 1 aliphatic rings. The predicted octanol–water partition coefficient (Wildman–Crippen LogP) is 5.46. The van der Waals surface area contributed by atoms with E-state index in [1.54, 1.807) is 31.3 Å². The lowest BCUT2D eigenvalue weighted by molar-refractivity contribution is -0.118. The zero-order valence-electron chi connectivity index (χ0n) is 17.4. The number of nitrogens with two attached hydrogens (primary N) is 1. The SMILES string of the molecule is CCCCCCCCCCCC1OCC(OC(=O)N(C)c2ccc(N)cc2)O1. The highest BCUT2D eigenvalue weighted by atomic mass is 16.8. The smallest absolute Gasteiger partial charge is 0.416 e. The molecule has 158 valence electrons. The molecular formula is C22H36N2O4. The van der Waals surface area contributed by atoms with Crippen molar-refractivity contribution in [3.8, 4) is 0 Å². The van der Waals surface area contributed by atoms with Gasteiger partial charge in [-0.15, -0.1) is 0 Å².